The van der Waals surface area contributed by atoms with Crippen molar-refractivity contribution in [2.45, 2.75) is 13.8 Å². The molecule has 1 aliphatic heterocycles. The molecule has 0 amide bonds. The summed E-state index contributed by atoms with van der Waals surface area (Å²) in [6.45, 7) is 11.5. The molecule has 0 radical (unpaired) electrons. The molecule has 1 aliphatic rings. The molecule has 0 saturated heterocycles. The van der Waals surface area contributed by atoms with Gasteiger partial charge in [-0.2, -0.15) is 0 Å². The number of allylic oxidation sites excluding steroid dienone is 10. The summed E-state index contributed by atoms with van der Waals surface area (Å²) < 4.78 is 5.92. The molecule has 1 unspecified atom stereocenters. The second-order valence-electron chi connectivity index (χ2n) is 3.59. The van der Waals surface area contributed by atoms with E-state index >= 15 is 0 Å². The first-order valence-corrected chi connectivity index (χ1v) is 6.87. The maximum absolute atomic E-state index is 5.92. The molecule has 1 nitrogen and oxygen atoms in total. The van der Waals surface area contributed by atoms with Crippen molar-refractivity contribution in [2.24, 2.45) is 0 Å². The minimum atomic E-state index is 0.568. The highest BCUT2D eigenvalue weighted by Crippen LogP contribution is 2.46. The Bertz CT molecular complexity index is 429. The lowest BCUT2D eigenvalue weighted by atomic mass is 10.3. The molecule has 18 heavy (non-hydrogen) atoms. The van der Waals surface area contributed by atoms with Gasteiger partial charge in [0.1, 0.15) is 11.5 Å². The Morgan fingerprint density at radius 2 is 1.67 bits per heavy atom. The average Bonchev–Trinajstić information content (AvgIpc) is 2.35. The molecule has 1 heterocycles. The standard InChI is InChI=1S/C16H19OP/c1-5-9-13-15(11-7-3)18-16(12-8-4)14(17-13)10-6-2/h5-12,18H,1,3H2,2,4H3/b10-6-,12-8-,13-9+,15-11+. The molecule has 0 bridgehead atoms. The van der Waals surface area contributed by atoms with E-state index in [4.69, 9.17) is 4.74 Å². The molecule has 94 valence electrons. The summed E-state index contributed by atoms with van der Waals surface area (Å²) in [6.07, 6.45) is 15.5. The third-order valence-corrected chi connectivity index (χ3v) is 3.59. The van der Waals surface area contributed by atoms with Gasteiger partial charge in [0, 0.05) is 10.6 Å². The molecular weight excluding hydrogens is 239 g/mol. The van der Waals surface area contributed by atoms with Crippen LogP contribution in [0.2, 0.25) is 0 Å². The summed E-state index contributed by atoms with van der Waals surface area (Å²) >= 11 is 0. The van der Waals surface area contributed by atoms with Crippen molar-refractivity contribution in [3.63, 3.8) is 0 Å². The fourth-order valence-corrected chi connectivity index (χ4v) is 2.79. The van der Waals surface area contributed by atoms with E-state index in [-0.39, 0.29) is 0 Å². The molecule has 0 aromatic carbocycles. The van der Waals surface area contributed by atoms with Crippen LogP contribution in [-0.4, -0.2) is 0 Å². The molecule has 0 spiro atoms. The monoisotopic (exact) mass is 258 g/mol. The van der Waals surface area contributed by atoms with Crippen molar-refractivity contribution >= 4 is 8.58 Å². The van der Waals surface area contributed by atoms with Gasteiger partial charge in [-0.1, -0.05) is 58.2 Å². The Morgan fingerprint density at radius 3 is 2.22 bits per heavy atom. The van der Waals surface area contributed by atoms with Crippen molar-refractivity contribution in [1.29, 1.82) is 0 Å². The van der Waals surface area contributed by atoms with Crippen LogP contribution in [0, 0.1) is 0 Å². The van der Waals surface area contributed by atoms with Crippen LogP contribution in [0.25, 0.3) is 0 Å². The average molecular weight is 258 g/mol. The Balaban J connectivity index is 3.25. The van der Waals surface area contributed by atoms with E-state index in [1.54, 1.807) is 12.2 Å². The highest BCUT2D eigenvalue weighted by Gasteiger charge is 2.18. The Labute approximate surface area is 111 Å². The van der Waals surface area contributed by atoms with Gasteiger partial charge in [0.05, 0.1) is 0 Å². The SMILES string of the molecule is C=C/C=C1/OC(/C=C\C)=C(/C=C\C)P/C1=C/C=C. The second-order valence-corrected chi connectivity index (χ2v) is 4.92. The number of rotatable bonds is 4. The van der Waals surface area contributed by atoms with Gasteiger partial charge in [-0.3, -0.25) is 0 Å². The minimum absolute atomic E-state index is 0.568. The molecule has 0 aromatic rings. The molecule has 2 heteroatoms. The van der Waals surface area contributed by atoms with Crippen LogP contribution < -0.4 is 0 Å². The smallest absolute Gasteiger partial charge is 0.135 e. The first-order chi connectivity index (χ1) is 8.76. The lowest BCUT2D eigenvalue weighted by Gasteiger charge is -2.22. The maximum Gasteiger partial charge on any atom is 0.135 e. The van der Waals surface area contributed by atoms with E-state index < -0.39 is 0 Å². The summed E-state index contributed by atoms with van der Waals surface area (Å²) in [5.41, 5.74) is 0. The van der Waals surface area contributed by atoms with E-state index in [0.717, 1.165) is 16.8 Å². The van der Waals surface area contributed by atoms with Crippen molar-refractivity contribution < 1.29 is 4.74 Å². The third kappa shape index (κ3) is 3.72. The zero-order valence-corrected chi connectivity index (χ0v) is 11.9. The van der Waals surface area contributed by atoms with Crippen molar-refractivity contribution in [2.75, 3.05) is 0 Å². The van der Waals surface area contributed by atoms with Crippen molar-refractivity contribution in [3.8, 4) is 0 Å². The van der Waals surface area contributed by atoms with Gasteiger partial charge < -0.3 is 4.74 Å². The Morgan fingerprint density at radius 1 is 1.00 bits per heavy atom. The summed E-state index contributed by atoms with van der Waals surface area (Å²) in [5.74, 6) is 1.76. The molecule has 0 N–H and O–H groups in total. The number of hydrogen-bond acceptors (Lipinski definition) is 1. The Hall–Kier alpha value is -1.59. The fourth-order valence-electron chi connectivity index (χ4n) is 1.53. The molecule has 0 fully saturated rings. The topological polar surface area (TPSA) is 9.23 Å². The van der Waals surface area contributed by atoms with E-state index in [1.807, 2.05) is 44.2 Å². The highest BCUT2D eigenvalue weighted by atomic mass is 31.1. The van der Waals surface area contributed by atoms with Crippen LogP contribution >= 0.6 is 8.58 Å². The Kier molecular flexibility index (Phi) is 6.18. The van der Waals surface area contributed by atoms with Gasteiger partial charge in [-0.05, 0) is 26.0 Å². The van der Waals surface area contributed by atoms with E-state index in [2.05, 4.69) is 19.2 Å². The molecular formula is C16H19OP. The molecule has 0 aromatic heterocycles. The first-order valence-electron chi connectivity index (χ1n) is 5.87. The van der Waals surface area contributed by atoms with Gasteiger partial charge in [0.15, 0.2) is 0 Å². The zero-order chi connectivity index (χ0) is 13.4. The van der Waals surface area contributed by atoms with Crippen molar-refractivity contribution in [1.82, 2.24) is 0 Å². The van der Waals surface area contributed by atoms with Crippen LogP contribution in [0.15, 0.2) is 83.9 Å². The van der Waals surface area contributed by atoms with Gasteiger partial charge in [-0.15, -0.1) is 0 Å². The fraction of sp³-hybridized carbons (Fsp3) is 0.125. The van der Waals surface area contributed by atoms with Gasteiger partial charge in [0.25, 0.3) is 0 Å². The summed E-state index contributed by atoms with van der Waals surface area (Å²) in [6, 6.07) is 0. The van der Waals surface area contributed by atoms with Crippen LogP contribution in [0.1, 0.15) is 13.8 Å². The predicted octanol–water partition coefficient (Wildman–Crippen LogP) is 5.20. The van der Waals surface area contributed by atoms with E-state index in [0.29, 0.717) is 8.58 Å². The van der Waals surface area contributed by atoms with Gasteiger partial charge >= 0.3 is 0 Å². The minimum Gasteiger partial charge on any atom is -0.456 e. The largest absolute Gasteiger partial charge is 0.456 e. The van der Waals surface area contributed by atoms with Crippen LogP contribution in [0.4, 0.5) is 0 Å². The maximum atomic E-state index is 5.92. The van der Waals surface area contributed by atoms with Crippen LogP contribution in [0.5, 0.6) is 0 Å². The highest BCUT2D eigenvalue weighted by molar-refractivity contribution is 7.48. The number of ether oxygens (including phenoxy) is 1. The lowest BCUT2D eigenvalue weighted by Crippen LogP contribution is -2.00. The quantitative estimate of drug-likeness (QED) is 0.630. The van der Waals surface area contributed by atoms with Crippen LogP contribution in [0.3, 0.4) is 0 Å². The summed E-state index contributed by atoms with van der Waals surface area (Å²) in [7, 11) is 0.568. The molecule has 0 saturated carbocycles. The van der Waals surface area contributed by atoms with Crippen LogP contribution in [-0.2, 0) is 4.74 Å². The summed E-state index contributed by atoms with van der Waals surface area (Å²) in [4.78, 5) is 0. The lowest BCUT2D eigenvalue weighted by molar-refractivity contribution is 0.330. The molecule has 1 atom stereocenters. The van der Waals surface area contributed by atoms with Gasteiger partial charge in [-0.25, -0.2) is 0 Å². The second kappa shape index (κ2) is 7.68. The third-order valence-electron chi connectivity index (χ3n) is 2.23. The predicted molar refractivity (Wildman–Crippen MR) is 82.6 cm³/mol. The normalized spacial score (nSPS) is 22.3. The zero-order valence-electron chi connectivity index (χ0n) is 10.9. The first kappa shape index (κ1) is 14.5. The summed E-state index contributed by atoms with van der Waals surface area (Å²) in [5, 5.41) is 2.34. The van der Waals surface area contributed by atoms with E-state index in [9.17, 15) is 0 Å². The van der Waals surface area contributed by atoms with E-state index in [1.165, 1.54) is 5.31 Å². The van der Waals surface area contributed by atoms with Gasteiger partial charge in [0.2, 0.25) is 0 Å². The molecule has 0 aliphatic carbocycles. The van der Waals surface area contributed by atoms with Crippen molar-refractivity contribution in [3.05, 3.63) is 83.9 Å². The number of hydrogen-bond donors (Lipinski definition) is 0. The molecule has 1 rings (SSSR count).